The highest BCUT2D eigenvalue weighted by atomic mass is 79.9. The van der Waals surface area contributed by atoms with Crippen LogP contribution in [0.25, 0.3) is 0 Å². The standard InChI is InChI=1S/C15H19BrFNO2/c1-2-6-15(14(19)20)7-3-8-18(15)10-11-9-12(16)4-5-13(11)17/h4-5,9H,2-3,6-8,10H2,1H3,(H,19,20). The van der Waals surface area contributed by atoms with Crippen molar-refractivity contribution in [3.8, 4) is 0 Å². The second kappa shape index (κ2) is 6.22. The predicted molar refractivity (Wildman–Crippen MR) is 79.0 cm³/mol. The van der Waals surface area contributed by atoms with Gasteiger partial charge in [-0.2, -0.15) is 0 Å². The molecule has 0 aliphatic carbocycles. The van der Waals surface area contributed by atoms with Crippen LogP contribution >= 0.6 is 15.9 Å². The number of aliphatic carboxylic acids is 1. The minimum absolute atomic E-state index is 0.282. The van der Waals surface area contributed by atoms with Crippen molar-refractivity contribution in [3.63, 3.8) is 0 Å². The Balaban J connectivity index is 2.26. The first-order chi connectivity index (χ1) is 9.49. The van der Waals surface area contributed by atoms with Gasteiger partial charge >= 0.3 is 5.97 Å². The van der Waals surface area contributed by atoms with E-state index in [9.17, 15) is 14.3 Å². The van der Waals surface area contributed by atoms with Gasteiger partial charge in [0.1, 0.15) is 11.4 Å². The van der Waals surface area contributed by atoms with Gasteiger partial charge in [-0.25, -0.2) is 4.39 Å². The third-order valence-electron chi connectivity index (χ3n) is 4.05. The van der Waals surface area contributed by atoms with E-state index in [2.05, 4.69) is 15.9 Å². The maximum atomic E-state index is 13.9. The number of likely N-dealkylation sites (tertiary alicyclic amines) is 1. The molecule has 0 aromatic heterocycles. The molecule has 0 amide bonds. The lowest BCUT2D eigenvalue weighted by Crippen LogP contribution is -2.50. The zero-order chi connectivity index (χ0) is 14.8. The number of hydrogen-bond donors (Lipinski definition) is 1. The first kappa shape index (κ1) is 15.4. The number of benzene rings is 1. The quantitative estimate of drug-likeness (QED) is 0.883. The molecule has 110 valence electrons. The molecule has 1 heterocycles. The molecule has 1 fully saturated rings. The molecule has 2 rings (SSSR count). The monoisotopic (exact) mass is 343 g/mol. The number of halogens is 2. The maximum Gasteiger partial charge on any atom is 0.324 e. The van der Waals surface area contributed by atoms with E-state index in [0.29, 0.717) is 31.5 Å². The predicted octanol–water partition coefficient (Wildman–Crippen LogP) is 3.81. The van der Waals surface area contributed by atoms with Crippen molar-refractivity contribution in [1.29, 1.82) is 0 Å². The van der Waals surface area contributed by atoms with E-state index in [1.54, 1.807) is 12.1 Å². The van der Waals surface area contributed by atoms with Gasteiger partial charge in [0.15, 0.2) is 0 Å². The van der Waals surface area contributed by atoms with Crippen LogP contribution in [0.4, 0.5) is 4.39 Å². The summed E-state index contributed by atoms with van der Waals surface area (Å²) in [6, 6.07) is 4.79. The van der Waals surface area contributed by atoms with Crippen molar-refractivity contribution < 1.29 is 14.3 Å². The van der Waals surface area contributed by atoms with Crippen molar-refractivity contribution in [2.45, 2.75) is 44.7 Å². The van der Waals surface area contributed by atoms with Crippen LogP contribution < -0.4 is 0 Å². The van der Waals surface area contributed by atoms with Gasteiger partial charge in [0.05, 0.1) is 0 Å². The molecule has 0 saturated carbocycles. The van der Waals surface area contributed by atoms with E-state index in [0.717, 1.165) is 17.3 Å². The van der Waals surface area contributed by atoms with Gasteiger partial charge < -0.3 is 5.11 Å². The largest absolute Gasteiger partial charge is 0.480 e. The number of carbonyl (C=O) groups is 1. The lowest BCUT2D eigenvalue weighted by molar-refractivity contribution is -0.150. The minimum Gasteiger partial charge on any atom is -0.480 e. The van der Waals surface area contributed by atoms with E-state index in [1.165, 1.54) is 6.07 Å². The molecule has 1 aliphatic rings. The molecule has 0 bridgehead atoms. The molecular formula is C15H19BrFNO2. The Labute approximate surface area is 126 Å². The Kier molecular flexibility index (Phi) is 4.81. The van der Waals surface area contributed by atoms with Gasteiger partial charge in [-0.15, -0.1) is 0 Å². The SMILES string of the molecule is CCCC1(C(=O)O)CCCN1Cc1cc(Br)ccc1F. The normalized spacial score (nSPS) is 23.1. The van der Waals surface area contributed by atoms with Crippen LogP contribution in [0.15, 0.2) is 22.7 Å². The smallest absolute Gasteiger partial charge is 0.324 e. The Morgan fingerprint density at radius 2 is 2.30 bits per heavy atom. The van der Waals surface area contributed by atoms with E-state index < -0.39 is 11.5 Å². The molecule has 0 spiro atoms. The Bertz CT molecular complexity index is 509. The average Bonchev–Trinajstić information content (AvgIpc) is 2.79. The van der Waals surface area contributed by atoms with Crippen LogP contribution in [0.2, 0.25) is 0 Å². The molecule has 3 nitrogen and oxygen atoms in total. The molecule has 5 heteroatoms. The molecule has 1 aliphatic heterocycles. The second-order valence-electron chi connectivity index (χ2n) is 5.35. The van der Waals surface area contributed by atoms with E-state index in [1.807, 2.05) is 11.8 Å². The van der Waals surface area contributed by atoms with Crippen LogP contribution in [0, 0.1) is 5.82 Å². The fourth-order valence-corrected chi connectivity index (χ4v) is 3.49. The van der Waals surface area contributed by atoms with Crippen LogP contribution in [-0.2, 0) is 11.3 Å². The Morgan fingerprint density at radius 3 is 2.95 bits per heavy atom. The van der Waals surface area contributed by atoms with Crippen molar-refractivity contribution in [3.05, 3.63) is 34.1 Å². The summed E-state index contributed by atoms with van der Waals surface area (Å²) in [5.41, 5.74) is -0.285. The lowest BCUT2D eigenvalue weighted by atomic mass is 9.90. The van der Waals surface area contributed by atoms with E-state index in [4.69, 9.17) is 0 Å². The van der Waals surface area contributed by atoms with Gasteiger partial charge in [-0.05, 0) is 44.0 Å². The summed E-state index contributed by atoms with van der Waals surface area (Å²) in [5.74, 6) is -1.07. The maximum absolute atomic E-state index is 13.9. The molecule has 1 aromatic rings. The zero-order valence-corrected chi connectivity index (χ0v) is 13.1. The van der Waals surface area contributed by atoms with Crippen molar-refractivity contribution in [2.24, 2.45) is 0 Å². The van der Waals surface area contributed by atoms with Gasteiger partial charge in [-0.3, -0.25) is 9.69 Å². The summed E-state index contributed by atoms with van der Waals surface area (Å²) >= 11 is 3.33. The van der Waals surface area contributed by atoms with Crippen molar-refractivity contribution >= 4 is 21.9 Å². The summed E-state index contributed by atoms with van der Waals surface area (Å²) in [7, 11) is 0. The fraction of sp³-hybridized carbons (Fsp3) is 0.533. The van der Waals surface area contributed by atoms with Gasteiger partial charge in [0.25, 0.3) is 0 Å². The third-order valence-corrected chi connectivity index (χ3v) is 4.55. The average molecular weight is 344 g/mol. The summed E-state index contributed by atoms with van der Waals surface area (Å²) in [6.45, 7) is 3.04. The summed E-state index contributed by atoms with van der Waals surface area (Å²) in [4.78, 5) is 13.6. The minimum atomic E-state index is -0.830. The lowest BCUT2D eigenvalue weighted by Gasteiger charge is -2.34. The molecular weight excluding hydrogens is 325 g/mol. The van der Waals surface area contributed by atoms with Gasteiger partial charge in [0, 0.05) is 16.6 Å². The highest BCUT2D eigenvalue weighted by Gasteiger charge is 2.46. The number of carboxylic acid groups (broad SMARTS) is 1. The number of hydrogen-bond acceptors (Lipinski definition) is 2. The summed E-state index contributed by atoms with van der Waals surface area (Å²) in [5, 5.41) is 9.62. The first-order valence-corrected chi connectivity index (χ1v) is 7.71. The third kappa shape index (κ3) is 2.88. The van der Waals surface area contributed by atoms with Crippen molar-refractivity contribution in [1.82, 2.24) is 4.90 Å². The molecule has 0 radical (unpaired) electrons. The molecule has 1 atom stereocenters. The Hall–Kier alpha value is -0.940. The molecule has 20 heavy (non-hydrogen) atoms. The Morgan fingerprint density at radius 1 is 1.55 bits per heavy atom. The van der Waals surface area contributed by atoms with Gasteiger partial charge in [0.2, 0.25) is 0 Å². The number of carboxylic acids is 1. The highest BCUT2D eigenvalue weighted by Crippen LogP contribution is 2.35. The van der Waals surface area contributed by atoms with E-state index in [-0.39, 0.29) is 5.82 Å². The fourth-order valence-electron chi connectivity index (χ4n) is 3.08. The zero-order valence-electron chi connectivity index (χ0n) is 11.5. The molecule has 1 N–H and O–H groups in total. The van der Waals surface area contributed by atoms with Crippen LogP contribution in [-0.4, -0.2) is 28.1 Å². The summed E-state index contributed by atoms with van der Waals surface area (Å²) < 4.78 is 14.7. The molecule has 1 aromatic carbocycles. The molecule has 1 saturated heterocycles. The second-order valence-corrected chi connectivity index (χ2v) is 6.26. The number of rotatable bonds is 5. The van der Waals surface area contributed by atoms with Crippen LogP contribution in [0.3, 0.4) is 0 Å². The van der Waals surface area contributed by atoms with Crippen LogP contribution in [0.5, 0.6) is 0 Å². The van der Waals surface area contributed by atoms with Gasteiger partial charge in [-0.1, -0.05) is 29.3 Å². The van der Waals surface area contributed by atoms with E-state index >= 15 is 0 Å². The summed E-state index contributed by atoms with van der Waals surface area (Å²) in [6.07, 6.45) is 2.91. The molecule has 1 unspecified atom stereocenters. The van der Waals surface area contributed by atoms with Crippen molar-refractivity contribution in [2.75, 3.05) is 6.54 Å². The van der Waals surface area contributed by atoms with Crippen LogP contribution in [0.1, 0.15) is 38.2 Å². The number of nitrogens with zero attached hydrogens (tertiary/aromatic N) is 1. The first-order valence-electron chi connectivity index (χ1n) is 6.92. The topological polar surface area (TPSA) is 40.5 Å². The highest BCUT2D eigenvalue weighted by molar-refractivity contribution is 9.10.